The lowest BCUT2D eigenvalue weighted by Gasteiger charge is -2.18. The maximum Gasteiger partial charge on any atom is 0.276 e. The standard InChI is InChI=1S/C20H21ClN4O2/c1-13-6-5-7-17(10-13)25-14(2)19(22-23-25)20(26)24(3)12-15-11-16(21)8-9-18(15)27-4/h5-11H,12H2,1-4H3. The van der Waals surface area contributed by atoms with Crippen LogP contribution in [0.3, 0.4) is 0 Å². The molecule has 0 aliphatic rings. The summed E-state index contributed by atoms with van der Waals surface area (Å²) in [6.07, 6.45) is 0. The minimum atomic E-state index is -0.214. The largest absolute Gasteiger partial charge is 0.496 e. The number of rotatable bonds is 5. The van der Waals surface area contributed by atoms with E-state index in [-0.39, 0.29) is 5.91 Å². The Kier molecular flexibility index (Phi) is 5.46. The van der Waals surface area contributed by atoms with Gasteiger partial charge in [-0.25, -0.2) is 4.68 Å². The van der Waals surface area contributed by atoms with E-state index in [0.717, 1.165) is 16.8 Å². The summed E-state index contributed by atoms with van der Waals surface area (Å²) in [5.74, 6) is 0.465. The molecule has 0 aliphatic heterocycles. The fraction of sp³-hybridized carbons (Fsp3) is 0.250. The number of hydrogen-bond acceptors (Lipinski definition) is 4. The number of halogens is 1. The third-order valence-corrected chi connectivity index (χ3v) is 4.58. The van der Waals surface area contributed by atoms with Crippen molar-refractivity contribution in [2.75, 3.05) is 14.2 Å². The van der Waals surface area contributed by atoms with Crippen molar-refractivity contribution in [2.24, 2.45) is 0 Å². The Balaban J connectivity index is 1.85. The Morgan fingerprint density at radius 3 is 2.70 bits per heavy atom. The van der Waals surface area contributed by atoms with Crippen LogP contribution in [0.5, 0.6) is 5.75 Å². The van der Waals surface area contributed by atoms with E-state index in [0.29, 0.717) is 28.7 Å². The van der Waals surface area contributed by atoms with Crippen molar-refractivity contribution >= 4 is 17.5 Å². The monoisotopic (exact) mass is 384 g/mol. The van der Waals surface area contributed by atoms with Crippen LogP contribution in [0.25, 0.3) is 5.69 Å². The summed E-state index contributed by atoms with van der Waals surface area (Å²) in [7, 11) is 3.31. The van der Waals surface area contributed by atoms with Crippen molar-refractivity contribution in [1.29, 1.82) is 0 Å². The summed E-state index contributed by atoms with van der Waals surface area (Å²) >= 11 is 6.08. The first kappa shape index (κ1) is 18.9. The number of aromatic nitrogens is 3. The number of carbonyl (C=O) groups is 1. The smallest absolute Gasteiger partial charge is 0.276 e. The van der Waals surface area contributed by atoms with Gasteiger partial charge in [0.2, 0.25) is 0 Å². The fourth-order valence-corrected chi connectivity index (χ4v) is 3.11. The highest BCUT2D eigenvalue weighted by atomic mass is 35.5. The summed E-state index contributed by atoms with van der Waals surface area (Å²) in [6, 6.07) is 13.2. The zero-order valence-electron chi connectivity index (χ0n) is 15.7. The molecule has 140 valence electrons. The average molecular weight is 385 g/mol. The predicted molar refractivity (Wildman–Crippen MR) is 105 cm³/mol. The van der Waals surface area contributed by atoms with Gasteiger partial charge in [-0.05, 0) is 49.7 Å². The average Bonchev–Trinajstić information content (AvgIpc) is 3.02. The SMILES string of the molecule is COc1ccc(Cl)cc1CN(C)C(=O)c1nnn(-c2cccc(C)c2)c1C. The molecule has 3 aromatic rings. The van der Waals surface area contributed by atoms with E-state index in [2.05, 4.69) is 10.3 Å². The Labute approximate surface area is 163 Å². The van der Waals surface area contributed by atoms with Gasteiger partial charge in [-0.15, -0.1) is 5.10 Å². The Morgan fingerprint density at radius 2 is 2.00 bits per heavy atom. The molecule has 27 heavy (non-hydrogen) atoms. The number of aryl methyl sites for hydroxylation is 1. The van der Waals surface area contributed by atoms with Crippen LogP contribution in [0.4, 0.5) is 0 Å². The lowest BCUT2D eigenvalue weighted by Crippen LogP contribution is -2.27. The molecule has 2 aromatic carbocycles. The Hall–Kier alpha value is -2.86. The molecule has 0 spiro atoms. The highest BCUT2D eigenvalue weighted by molar-refractivity contribution is 6.30. The summed E-state index contributed by atoms with van der Waals surface area (Å²) in [4.78, 5) is 14.5. The molecule has 1 heterocycles. The quantitative estimate of drug-likeness (QED) is 0.671. The van der Waals surface area contributed by atoms with Gasteiger partial charge in [0.15, 0.2) is 5.69 Å². The summed E-state index contributed by atoms with van der Waals surface area (Å²) in [5.41, 5.74) is 3.82. The highest BCUT2D eigenvalue weighted by Crippen LogP contribution is 2.24. The van der Waals surface area contributed by atoms with E-state index in [9.17, 15) is 4.79 Å². The molecule has 7 heteroatoms. The molecule has 1 amide bonds. The molecule has 0 N–H and O–H groups in total. The topological polar surface area (TPSA) is 60.2 Å². The van der Waals surface area contributed by atoms with Gasteiger partial charge in [0.25, 0.3) is 5.91 Å². The second-order valence-electron chi connectivity index (χ2n) is 6.39. The second kappa shape index (κ2) is 7.80. The van der Waals surface area contributed by atoms with Crippen molar-refractivity contribution in [1.82, 2.24) is 19.9 Å². The molecule has 0 fully saturated rings. The summed E-state index contributed by atoms with van der Waals surface area (Å²) in [6.45, 7) is 4.19. The number of benzene rings is 2. The van der Waals surface area contributed by atoms with Crippen molar-refractivity contribution in [3.8, 4) is 11.4 Å². The van der Waals surface area contributed by atoms with E-state index in [4.69, 9.17) is 16.3 Å². The van der Waals surface area contributed by atoms with E-state index >= 15 is 0 Å². The zero-order chi connectivity index (χ0) is 19.6. The van der Waals surface area contributed by atoms with Crippen LogP contribution >= 0.6 is 11.6 Å². The first-order valence-corrected chi connectivity index (χ1v) is 8.85. The van der Waals surface area contributed by atoms with Crippen molar-refractivity contribution in [3.05, 3.63) is 70.0 Å². The zero-order valence-corrected chi connectivity index (χ0v) is 16.5. The number of carbonyl (C=O) groups excluding carboxylic acids is 1. The molecular formula is C20H21ClN4O2. The molecule has 1 aromatic heterocycles. The maximum atomic E-state index is 12.9. The van der Waals surface area contributed by atoms with E-state index in [1.807, 2.05) is 38.1 Å². The van der Waals surface area contributed by atoms with Crippen LogP contribution in [0, 0.1) is 13.8 Å². The summed E-state index contributed by atoms with van der Waals surface area (Å²) in [5, 5.41) is 8.86. The van der Waals surface area contributed by atoms with Crippen molar-refractivity contribution < 1.29 is 9.53 Å². The predicted octanol–water partition coefficient (Wildman–Crippen LogP) is 3.82. The normalized spacial score (nSPS) is 10.7. The maximum absolute atomic E-state index is 12.9. The van der Waals surface area contributed by atoms with Gasteiger partial charge >= 0.3 is 0 Å². The molecule has 3 rings (SSSR count). The van der Waals surface area contributed by atoms with Crippen LogP contribution in [0.2, 0.25) is 5.02 Å². The number of nitrogens with zero attached hydrogens (tertiary/aromatic N) is 4. The summed E-state index contributed by atoms with van der Waals surface area (Å²) < 4.78 is 7.03. The van der Waals surface area contributed by atoms with E-state index < -0.39 is 0 Å². The highest BCUT2D eigenvalue weighted by Gasteiger charge is 2.22. The third-order valence-electron chi connectivity index (χ3n) is 4.34. The number of hydrogen-bond donors (Lipinski definition) is 0. The third kappa shape index (κ3) is 3.95. The van der Waals surface area contributed by atoms with E-state index in [1.165, 1.54) is 0 Å². The van der Waals surface area contributed by atoms with Crippen LogP contribution in [0.15, 0.2) is 42.5 Å². The molecule has 0 atom stereocenters. The number of ether oxygens (including phenoxy) is 1. The molecule has 0 aliphatic carbocycles. The second-order valence-corrected chi connectivity index (χ2v) is 6.83. The molecule has 0 saturated heterocycles. The first-order valence-electron chi connectivity index (χ1n) is 8.48. The lowest BCUT2D eigenvalue weighted by atomic mass is 10.2. The van der Waals surface area contributed by atoms with Crippen molar-refractivity contribution in [3.63, 3.8) is 0 Å². The van der Waals surface area contributed by atoms with Gasteiger partial charge in [0.1, 0.15) is 5.75 Å². The van der Waals surface area contributed by atoms with Crippen molar-refractivity contribution in [2.45, 2.75) is 20.4 Å². The first-order chi connectivity index (χ1) is 12.9. The molecule has 6 nitrogen and oxygen atoms in total. The van der Waals surface area contributed by atoms with Gasteiger partial charge in [-0.2, -0.15) is 0 Å². The van der Waals surface area contributed by atoms with Crippen LogP contribution < -0.4 is 4.74 Å². The minimum Gasteiger partial charge on any atom is -0.496 e. The van der Waals surface area contributed by atoms with Gasteiger partial charge in [-0.1, -0.05) is 28.9 Å². The Bertz CT molecular complexity index is 984. The van der Waals surface area contributed by atoms with Gasteiger partial charge in [-0.3, -0.25) is 4.79 Å². The molecule has 0 unspecified atom stereocenters. The number of amides is 1. The van der Waals surface area contributed by atoms with Crippen LogP contribution in [-0.4, -0.2) is 40.0 Å². The van der Waals surface area contributed by atoms with Crippen LogP contribution in [-0.2, 0) is 6.54 Å². The molecular weight excluding hydrogens is 364 g/mol. The van der Waals surface area contributed by atoms with Gasteiger partial charge in [0.05, 0.1) is 18.5 Å². The lowest BCUT2D eigenvalue weighted by molar-refractivity contribution is 0.0777. The van der Waals surface area contributed by atoms with Gasteiger partial charge < -0.3 is 9.64 Å². The number of methoxy groups -OCH3 is 1. The van der Waals surface area contributed by atoms with Crippen LogP contribution in [0.1, 0.15) is 27.3 Å². The van der Waals surface area contributed by atoms with Gasteiger partial charge in [0, 0.05) is 24.2 Å². The molecule has 0 bridgehead atoms. The van der Waals surface area contributed by atoms with E-state index in [1.54, 1.807) is 41.9 Å². The molecule has 0 radical (unpaired) electrons. The fourth-order valence-electron chi connectivity index (χ4n) is 2.91. The molecule has 0 saturated carbocycles. The Morgan fingerprint density at radius 1 is 1.22 bits per heavy atom. The minimum absolute atomic E-state index is 0.214.